The minimum absolute atomic E-state index is 0.00627. The number of fused-ring (bicyclic) bond motifs is 1. The van der Waals surface area contributed by atoms with Crippen molar-refractivity contribution < 1.29 is 13.9 Å². The van der Waals surface area contributed by atoms with Crippen LogP contribution < -0.4 is 10.1 Å². The van der Waals surface area contributed by atoms with Gasteiger partial charge in [0.15, 0.2) is 10.8 Å². The fourth-order valence-corrected chi connectivity index (χ4v) is 4.14. The van der Waals surface area contributed by atoms with Crippen LogP contribution in [0.3, 0.4) is 0 Å². The van der Waals surface area contributed by atoms with Crippen molar-refractivity contribution in [3.8, 4) is 5.75 Å². The molecule has 1 aliphatic rings. The molecular formula is C17H19FN6O2S. The molecule has 1 saturated heterocycles. The molecule has 2 atom stereocenters. The van der Waals surface area contributed by atoms with E-state index in [-0.39, 0.29) is 23.2 Å². The van der Waals surface area contributed by atoms with Gasteiger partial charge < -0.3 is 10.1 Å². The van der Waals surface area contributed by atoms with E-state index in [1.807, 2.05) is 12.1 Å². The van der Waals surface area contributed by atoms with Crippen LogP contribution in [0.15, 0.2) is 24.7 Å². The molecule has 1 amide bonds. The number of nitrogens with one attached hydrogen (secondary N) is 1. The number of aromatic nitrogens is 4. The number of halogens is 1. The molecule has 142 valence electrons. The van der Waals surface area contributed by atoms with E-state index >= 15 is 0 Å². The Bertz CT molecular complexity index is 973. The van der Waals surface area contributed by atoms with Crippen molar-refractivity contribution in [1.29, 1.82) is 0 Å². The van der Waals surface area contributed by atoms with E-state index in [0.29, 0.717) is 18.0 Å². The Morgan fingerprint density at radius 1 is 1.48 bits per heavy atom. The summed E-state index contributed by atoms with van der Waals surface area (Å²) in [6.45, 7) is 4.59. The third-order valence-electron chi connectivity index (χ3n) is 4.49. The van der Waals surface area contributed by atoms with Crippen molar-refractivity contribution in [1.82, 2.24) is 24.5 Å². The van der Waals surface area contributed by atoms with Crippen LogP contribution in [0.5, 0.6) is 5.75 Å². The second kappa shape index (κ2) is 7.20. The summed E-state index contributed by atoms with van der Waals surface area (Å²) in [7, 11) is 0. The zero-order chi connectivity index (χ0) is 19.0. The van der Waals surface area contributed by atoms with Crippen LogP contribution >= 0.6 is 11.3 Å². The molecule has 0 aromatic carbocycles. The monoisotopic (exact) mass is 390 g/mol. The molecule has 10 heteroatoms. The van der Waals surface area contributed by atoms with Gasteiger partial charge in [-0.25, -0.2) is 9.50 Å². The van der Waals surface area contributed by atoms with Gasteiger partial charge in [-0.2, -0.15) is 14.5 Å². The Kier molecular flexibility index (Phi) is 4.75. The average molecular weight is 390 g/mol. The van der Waals surface area contributed by atoms with Gasteiger partial charge in [-0.05, 0) is 19.1 Å². The van der Waals surface area contributed by atoms with Gasteiger partial charge in [0.1, 0.15) is 18.2 Å². The van der Waals surface area contributed by atoms with E-state index < -0.39 is 5.95 Å². The molecule has 3 aromatic rings. The third kappa shape index (κ3) is 3.91. The fourth-order valence-electron chi connectivity index (χ4n) is 3.23. The van der Waals surface area contributed by atoms with Crippen LogP contribution in [-0.2, 0) is 11.3 Å². The summed E-state index contributed by atoms with van der Waals surface area (Å²) in [5.74, 6) is -0.0661. The van der Waals surface area contributed by atoms with E-state index in [1.165, 1.54) is 24.6 Å². The topological polar surface area (TPSA) is 84.7 Å². The Balaban J connectivity index is 1.40. The number of carbonyl (C=O) groups excluding carboxylic acids is 1. The van der Waals surface area contributed by atoms with Gasteiger partial charge in [0.25, 0.3) is 0 Å². The van der Waals surface area contributed by atoms with Crippen LogP contribution in [0.25, 0.3) is 5.65 Å². The summed E-state index contributed by atoms with van der Waals surface area (Å²) in [5.41, 5.74) is 0.763. The second-order valence-electron chi connectivity index (χ2n) is 6.60. The Hall–Kier alpha value is -2.59. The van der Waals surface area contributed by atoms with Gasteiger partial charge in [0.2, 0.25) is 11.9 Å². The second-order valence-corrected chi connectivity index (χ2v) is 7.68. The molecule has 1 fully saturated rings. The van der Waals surface area contributed by atoms with Crippen LogP contribution in [0, 0.1) is 5.95 Å². The highest BCUT2D eigenvalue weighted by atomic mass is 32.1. The molecule has 1 aliphatic heterocycles. The normalized spacial score (nSPS) is 20.3. The summed E-state index contributed by atoms with van der Waals surface area (Å²) in [6.07, 6.45) is 4.15. The van der Waals surface area contributed by atoms with Gasteiger partial charge in [-0.3, -0.25) is 9.69 Å². The number of rotatable bonds is 5. The first-order valence-electron chi connectivity index (χ1n) is 8.61. The first-order valence-corrected chi connectivity index (χ1v) is 9.42. The van der Waals surface area contributed by atoms with Crippen molar-refractivity contribution >= 4 is 28.0 Å². The van der Waals surface area contributed by atoms with Crippen molar-refractivity contribution in [2.75, 3.05) is 11.9 Å². The zero-order valence-electron chi connectivity index (χ0n) is 14.9. The number of likely N-dealkylation sites (tertiary alicyclic amines) is 1. The van der Waals surface area contributed by atoms with E-state index in [1.54, 1.807) is 10.7 Å². The van der Waals surface area contributed by atoms with Crippen LogP contribution in [0.1, 0.15) is 25.1 Å². The molecule has 4 heterocycles. The minimum atomic E-state index is -0.531. The number of pyridine rings is 1. The molecule has 0 unspecified atom stereocenters. The molecule has 0 radical (unpaired) electrons. The predicted molar refractivity (Wildman–Crippen MR) is 98.3 cm³/mol. The van der Waals surface area contributed by atoms with Crippen LogP contribution in [-0.4, -0.2) is 49.1 Å². The number of hydrogen-bond acceptors (Lipinski definition) is 7. The number of hydrogen-bond donors (Lipinski definition) is 1. The van der Waals surface area contributed by atoms with E-state index in [2.05, 4.69) is 32.2 Å². The maximum absolute atomic E-state index is 14.1. The summed E-state index contributed by atoms with van der Waals surface area (Å²) < 4.78 is 21.8. The van der Waals surface area contributed by atoms with Gasteiger partial charge >= 0.3 is 0 Å². The number of carbonyl (C=O) groups is 1. The van der Waals surface area contributed by atoms with Crippen LogP contribution in [0.4, 0.5) is 9.52 Å². The Morgan fingerprint density at radius 3 is 3.15 bits per heavy atom. The zero-order valence-corrected chi connectivity index (χ0v) is 15.7. The summed E-state index contributed by atoms with van der Waals surface area (Å²) in [6, 6.07) is 3.98. The van der Waals surface area contributed by atoms with E-state index in [4.69, 9.17) is 4.74 Å². The maximum Gasteiger partial charge on any atom is 0.230 e. The van der Waals surface area contributed by atoms with Gasteiger partial charge in [0, 0.05) is 32.5 Å². The molecule has 1 N–H and O–H groups in total. The fraction of sp³-hybridized carbons (Fsp3) is 0.412. The highest BCUT2D eigenvalue weighted by molar-refractivity contribution is 7.15. The number of thiazole rings is 1. The first-order chi connectivity index (χ1) is 13.0. The van der Waals surface area contributed by atoms with Crippen LogP contribution in [0.2, 0.25) is 0 Å². The lowest BCUT2D eigenvalue weighted by Crippen LogP contribution is -2.28. The average Bonchev–Trinajstić information content (AvgIpc) is 3.28. The predicted octanol–water partition coefficient (Wildman–Crippen LogP) is 2.33. The molecule has 0 spiro atoms. The Morgan fingerprint density at radius 2 is 2.33 bits per heavy atom. The lowest BCUT2D eigenvalue weighted by molar-refractivity contribution is -0.114. The van der Waals surface area contributed by atoms with Gasteiger partial charge in [0.05, 0.1) is 11.1 Å². The number of amides is 1. The highest BCUT2D eigenvalue weighted by Crippen LogP contribution is 2.28. The number of anilines is 1. The molecule has 0 saturated carbocycles. The highest BCUT2D eigenvalue weighted by Gasteiger charge is 2.31. The molecule has 0 aliphatic carbocycles. The lowest BCUT2D eigenvalue weighted by Gasteiger charge is -2.19. The summed E-state index contributed by atoms with van der Waals surface area (Å²) in [5, 5.41) is 6.93. The van der Waals surface area contributed by atoms with E-state index in [9.17, 15) is 9.18 Å². The molecular weight excluding hydrogens is 371 g/mol. The third-order valence-corrected chi connectivity index (χ3v) is 5.43. The Labute approximate surface area is 159 Å². The van der Waals surface area contributed by atoms with Gasteiger partial charge in [-0.15, -0.1) is 0 Å². The van der Waals surface area contributed by atoms with Crippen molar-refractivity contribution in [2.24, 2.45) is 0 Å². The van der Waals surface area contributed by atoms with Gasteiger partial charge in [-0.1, -0.05) is 11.3 Å². The maximum atomic E-state index is 14.1. The first kappa shape index (κ1) is 17.8. The number of nitrogens with zero attached hydrogens (tertiary/aromatic N) is 5. The standard InChI is InChI=1S/C17H19FN6O2S/c1-10-5-13(26-12-3-4-15-19-9-20-24(15)7-12)6-23(10)8-14-16(18)22-17(27-14)21-11(2)25/h3-4,7,9-10,13H,5-6,8H2,1-2H3,(H,21,22,25)/t10-,13+/m0/s1. The largest absolute Gasteiger partial charge is 0.487 e. The number of ether oxygens (including phenoxy) is 1. The summed E-state index contributed by atoms with van der Waals surface area (Å²) in [4.78, 5) is 21.7. The van der Waals surface area contributed by atoms with Crippen molar-refractivity contribution in [3.05, 3.63) is 35.5 Å². The molecule has 3 aromatic heterocycles. The molecule has 4 rings (SSSR count). The summed E-state index contributed by atoms with van der Waals surface area (Å²) >= 11 is 1.17. The van der Waals surface area contributed by atoms with Crippen molar-refractivity contribution in [2.45, 2.75) is 39.0 Å². The molecule has 27 heavy (non-hydrogen) atoms. The minimum Gasteiger partial charge on any atom is -0.487 e. The SMILES string of the molecule is CC(=O)Nc1nc(F)c(CN2C[C@H](Oc3ccc4ncnn4c3)C[C@@H]2C)s1. The van der Waals surface area contributed by atoms with E-state index in [0.717, 1.165) is 17.8 Å². The smallest absolute Gasteiger partial charge is 0.230 e. The quantitative estimate of drug-likeness (QED) is 0.720. The van der Waals surface area contributed by atoms with Crippen molar-refractivity contribution in [3.63, 3.8) is 0 Å². The lowest BCUT2D eigenvalue weighted by atomic mass is 10.2. The molecule has 0 bridgehead atoms. The molecule has 8 nitrogen and oxygen atoms in total.